The summed E-state index contributed by atoms with van der Waals surface area (Å²) in [4.78, 5) is 38.6. The number of carboxylic acids is 1. The van der Waals surface area contributed by atoms with Crippen LogP contribution in [0.5, 0.6) is 0 Å². The van der Waals surface area contributed by atoms with E-state index < -0.39 is 61.3 Å². The molecule has 1 aliphatic carbocycles. The lowest BCUT2D eigenvalue weighted by atomic mass is 9.95. The van der Waals surface area contributed by atoms with Gasteiger partial charge in [0, 0.05) is 12.8 Å². The van der Waals surface area contributed by atoms with Crippen LogP contribution < -0.4 is 10.6 Å². The van der Waals surface area contributed by atoms with Crippen molar-refractivity contribution in [3.05, 3.63) is 167 Å². The molecule has 12 heteroatoms. The first-order valence-electron chi connectivity index (χ1n) is 19.6. The second-order valence-corrected chi connectivity index (χ2v) is 14.5. The zero-order valence-electron chi connectivity index (χ0n) is 32.7. The van der Waals surface area contributed by atoms with E-state index >= 15 is 0 Å². The molecule has 5 aromatic carbocycles. The van der Waals surface area contributed by atoms with Crippen LogP contribution in [-0.4, -0.2) is 79.6 Å². The Balaban J connectivity index is 1.09. The Bertz CT molecular complexity index is 2090. The minimum absolute atomic E-state index is 0.00113. The van der Waals surface area contributed by atoms with Gasteiger partial charge in [0.25, 0.3) is 0 Å². The molecule has 3 N–H and O–H groups in total. The number of alkyl carbamates (subject to hydrolysis) is 1. The number of hydrogen-bond acceptors (Lipinski definition) is 9. The Kier molecular flexibility index (Phi) is 14.1. The van der Waals surface area contributed by atoms with Crippen LogP contribution in [0.1, 0.15) is 40.7 Å². The standard InChI is InChI=1S/C47H48N2O10/c1-31(50)48-42-44(56-27-34-19-9-4-10-20-34)43(55-26-33-17-7-3-8-18-33)41(30-54-25-32-15-5-2-6-16-32)59-46(42)57-29-40(45(51)52)49-47(53)58-28-39-37-23-13-11-21-35(37)36-22-12-14-24-38(36)39/h2-24,39-44,46H,25-30H2,1H3,(H,48,50)(H,49,53)(H,51,52)/t40-,41?,42?,43-,44-,46-/m0/s1. The number of aliphatic carboxylic acids is 1. The first-order valence-corrected chi connectivity index (χ1v) is 19.6. The molecular formula is C47H48N2O10. The predicted octanol–water partition coefficient (Wildman–Crippen LogP) is 6.61. The molecule has 306 valence electrons. The quantitative estimate of drug-likeness (QED) is 0.0884. The molecule has 5 aromatic rings. The third-order valence-electron chi connectivity index (χ3n) is 10.3. The summed E-state index contributed by atoms with van der Waals surface area (Å²) in [6.07, 6.45) is -4.59. The van der Waals surface area contributed by atoms with Crippen molar-refractivity contribution < 1.29 is 47.9 Å². The van der Waals surface area contributed by atoms with Gasteiger partial charge < -0.3 is 44.2 Å². The normalized spacial score (nSPS) is 20.2. The molecule has 0 spiro atoms. The Hall–Kier alpha value is -5.89. The molecule has 2 unspecified atom stereocenters. The number of rotatable bonds is 18. The van der Waals surface area contributed by atoms with Crippen molar-refractivity contribution in [1.29, 1.82) is 0 Å². The Morgan fingerprint density at radius 2 is 1.15 bits per heavy atom. The average molecular weight is 801 g/mol. The third kappa shape index (κ3) is 10.8. The Labute approximate surface area is 343 Å². The van der Waals surface area contributed by atoms with Crippen LogP contribution >= 0.6 is 0 Å². The topological polar surface area (TPSA) is 151 Å². The van der Waals surface area contributed by atoms with Gasteiger partial charge in [0.05, 0.1) is 33.0 Å². The number of hydrogen-bond donors (Lipinski definition) is 3. The smallest absolute Gasteiger partial charge is 0.407 e. The molecule has 12 nitrogen and oxygen atoms in total. The van der Waals surface area contributed by atoms with Crippen LogP contribution in [-0.2, 0) is 57.8 Å². The lowest BCUT2D eigenvalue weighted by molar-refractivity contribution is -0.291. The van der Waals surface area contributed by atoms with Crippen LogP contribution in [0.3, 0.4) is 0 Å². The zero-order chi connectivity index (χ0) is 41.0. The largest absolute Gasteiger partial charge is 0.480 e. The number of amides is 2. The summed E-state index contributed by atoms with van der Waals surface area (Å²) in [5, 5.41) is 15.6. The van der Waals surface area contributed by atoms with Gasteiger partial charge in [0.1, 0.15) is 31.0 Å². The van der Waals surface area contributed by atoms with Crippen molar-refractivity contribution in [2.24, 2.45) is 0 Å². The highest BCUT2D eigenvalue weighted by atomic mass is 16.7. The molecular weight excluding hydrogens is 753 g/mol. The highest BCUT2D eigenvalue weighted by Gasteiger charge is 2.49. The van der Waals surface area contributed by atoms with E-state index in [-0.39, 0.29) is 39.0 Å². The van der Waals surface area contributed by atoms with Crippen molar-refractivity contribution in [1.82, 2.24) is 10.6 Å². The average Bonchev–Trinajstić information content (AvgIpc) is 3.58. The van der Waals surface area contributed by atoms with Gasteiger partial charge in [-0.1, -0.05) is 140 Å². The number of nitrogens with one attached hydrogen (secondary N) is 2. The summed E-state index contributed by atoms with van der Waals surface area (Å²) in [6, 6.07) is 42.2. The van der Waals surface area contributed by atoms with E-state index in [0.717, 1.165) is 38.9 Å². The SMILES string of the molecule is CC(=O)NC1[C@@H](OC[C@H](NC(=O)OCC2c3ccccc3-c3ccccc32)C(=O)O)OC(COCc2ccccc2)[C@H](OCc2ccccc2)[C@H]1OCc1ccccc1. The second kappa shape index (κ2) is 20.2. The van der Waals surface area contributed by atoms with Crippen molar-refractivity contribution in [3.8, 4) is 11.1 Å². The fourth-order valence-electron chi connectivity index (χ4n) is 7.52. The van der Waals surface area contributed by atoms with E-state index in [9.17, 15) is 19.5 Å². The molecule has 1 fully saturated rings. The van der Waals surface area contributed by atoms with E-state index in [2.05, 4.69) is 10.6 Å². The molecule has 0 radical (unpaired) electrons. The van der Waals surface area contributed by atoms with Crippen LogP contribution in [0.25, 0.3) is 11.1 Å². The third-order valence-corrected chi connectivity index (χ3v) is 10.3. The number of fused-ring (bicyclic) bond motifs is 3. The fraction of sp³-hybridized carbons (Fsp3) is 0.298. The van der Waals surface area contributed by atoms with Gasteiger partial charge in [-0.3, -0.25) is 4.79 Å². The zero-order valence-corrected chi connectivity index (χ0v) is 32.7. The van der Waals surface area contributed by atoms with Gasteiger partial charge >= 0.3 is 12.1 Å². The molecule has 6 atom stereocenters. The maximum atomic E-state index is 13.2. The summed E-state index contributed by atoms with van der Waals surface area (Å²) in [7, 11) is 0. The second-order valence-electron chi connectivity index (χ2n) is 14.5. The maximum absolute atomic E-state index is 13.2. The number of carbonyl (C=O) groups is 3. The number of carboxylic acid groups (broad SMARTS) is 1. The van der Waals surface area contributed by atoms with Crippen LogP contribution in [0.15, 0.2) is 140 Å². The van der Waals surface area contributed by atoms with Gasteiger partial charge in [-0.15, -0.1) is 0 Å². The van der Waals surface area contributed by atoms with Crippen molar-refractivity contribution in [2.45, 2.75) is 69.3 Å². The van der Waals surface area contributed by atoms with E-state index in [4.69, 9.17) is 28.4 Å². The van der Waals surface area contributed by atoms with Gasteiger partial charge in [0.15, 0.2) is 12.3 Å². The highest BCUT2D eigenvalue weighted by molar-refractivity contribution is 5.81. The number of ether oxygens (including phenoxy) is 6. The summed E-state index contributed by atoms with van der Waals surface area (Å²) in [5.41, 5.74) is 6.93. The first kappa shape index (κ1) is 41.3. The predicted molar refractivity (Wildman–Crippen MR) is 218 cm³/mol. The van der Waals surface area contributed by atoms with Crippen molar-refractivity contribution in [3.63, 3.8) is 0 Å². The van der Waals surface area contributed by atoms with Crippen molar-refractivity contribution in [2.75, 3.05) is 19.8 Å². The molecule has 2 amide bonds. The highest BCUT2D eigenvalue weighted by Crippen LogP contribution is 2.44. The molecule has 59 heavy (non-hydrogen) atoms. The molecule has 1 aliphatic heterocycles. The molecule has 0 saturated carbocycles. The van der Waals surface area contributed by atoms with Crippen LogP contribution in [0, 0.1) is 0 Å². The number of carbonyl (C=O) groups excluding carboxylic acids is 2. The fourth-order valence-corrected chi connectivity index (χ4v) is 7.52. The lowest BCUT2D eigenvalue weighted by Gasteiger charge is -2.46. The van der Waals surface area contributed by atoms with Gasteiger partial charge in [0.2, 0.25) is 5.91 Å². The maximum Gasteiger partial charge on any atom is 0.407 e. The van der Waals surface area contributed by atoms with Gasteiger partial charge in [-0.05, 0) is 38.9 Å². The first-order chi connectivity index (χ1) is 28.8. The summed E-state index contributed by atoms with van der Waals surface area (Å²) < 4.78 is 37.7. The lowest BCUT2D eigenvalue weighted by Crippen LogP contribution is -2.66. The molecule has 1 heterocycles. The van der Waals surface area contributed by atoms with Crippen molar-refractivity contribution >= 4 is 18.0 Å². The summed E-state index contributed by atoms with van der Waals surface area (Å²) in [6.45, 7) is 1.54. The van der Waals surface area contributed by atoms with Gasteiger partial charge in [-0.2, -0.15) is 0 Å². The Morgan fingerprint density at radius 3 is 1.69 bits per heavy atom. The van der Waals surface area contributed by atoms with E-state index in [1.807, 2.05) is 140 Å². The minimum atomic E-state index is -1.53. The molecule has 2 aliphatic rings. The summed E-state index contributed by atoms with van der Waals surface area (Å²) in [5.74, 6) is -1.96. The summed E-state index contributed by atoms with van der Waals surface area (Å²) >= 11 is 0. The number of benzene rings is 5. The minimum Gasteiger partial charge on any atom is -0.480 e. The molecule has 0 bridgehead atoms. The Morgan fingerprint density at radius 1 is 0.644 bits per heavy atom. The van der Waals surface area contributed by atoms with E-state index in [1.54, 1.807) is 0 Å². The van der Waals surface area contributed by atoms with Gasteiger partial charge in [-0.25, -0.2) is 9.59 Å². The van der Waals surface area contributed by atoms with Crippen LogP contribution in [0.2, 0.25) is 0 Å². The van der Waals surface area contributed by atoms with E-state index in [1.165, 1.54) is 6.92 Å². The van der Waals surface area contributed by atoms with Crippen LogP contribution in [0.4, 0.5) is 4.79 Å². The molecule has 1 saturated heterocycles. The van der Waals surface area contributed by atoms with E-state index in [0.29, 0.717) is 0 Å². The monoisotopic (exact) mass is 800 g/mol. The molecule has 7 rings (SSSR count). The molecule has 0 aromatic heterocycles.